The lowest BCUT2D eigenvalue weighted by atomic mass is 10.1. The summed E-state index contributed by atoms with van der Waals surface area (Å²) in [6.07, 6.45) is 0.985. The zero-order chi connectivity index (χ0) is 28.1. The van der Waals surface area contributed by atoms with Gasteiger partial charge in [-0.1, -0.05) is 17.7 Å². The third-order valence-electron chi connectivity index (χ3n) is 5.09. The molecule has 0 saturated heterocycles. The lowest BCUT2D eigenvalue weighted by molar-refractivity contribution is 0.102. The number of halogens is 3. The molecule has 0 radical (unpaired) electrons. The van der Waals surface area contributed by atoms with Gasteiger partial charge in [-0.25, -0.2) is 14.4 Å². The van der Waals surface area contributed by atoms with E-state index in [0.717, 1.165) is 12.1 Å². The van der Waals surface area contributed by atoms with Gasteiger partial charge in [0.25, 0.3) is 31.3 Å². The van der Waals surface area contributed by atoms with Crippen molar-refractivity contribution in [3.8, 4) is 5.75 Å². The van der Waals surface area contributed by atoms with Crippen LogP contribution in [0.25, 0.3) is 10.8 Å². The Morgan fingerprint density at radius 1 is 0.947 bits per heavy atom. The molecule has 1 aliphatic rings. The molecule has 0 unspecified atom stereocenters. The van der Waals surface area contributed by atoms with Crippen molar-refractivity contribution in [1.29, 1.82) is 0 Å². The van der Waals surface area contributed by atoms with Crippen molar-refractivity contribution in [2.24, 2.45) is 9.98 Å². The number of nitrogens with one attached hydrogen (secondary N) is 2. The maximum absolute atomic E-state index is 14.8. The SMILES string of the molecule is O=C(Nc1ccc(S(=O)(=O)O)c2cc(S(=O)(=O)O)cc(O)c12)c1cccc(NC2(F)N=CC(F)(Cl)C=N2)c1. The minimum atomic E-state index is -4.94. The molecule has 1 heterocycles. The molecular formula is C21H15ClF2N4O8S2. The van der Waals surface area contributed by atoms with Crippen molar-refractivity contribution in [2.75, 3.05) is 10.6 Å². The number of anilines is 2. The fourth-order valence-electron chi connectivity index (χ4n) is 3.48. The second-order valence-corrected chi connectivity index (χ2v) is 11.3. The molecule has 0 fully saturated rings. The Bertz CT molecular complexity index is 1750. The largest absolute Gasteiger partial charge is 0.507 e. The number of aliphatic imine (C=N–C) groups is 2. The second-order valence-electron chi connectivity index (χ2n) is 7.86. The molecule has 1 aliphatic heterocycles. The second kappa shape index (κ2) is 9.25. The number of carbonyl (C=O) groups is 1. The average Bonchev–Trinajstić information content (AvgIpc) is 2.80. The standard InChI is InChI=1S/C21H15ClF2N4O8S2/c22-20(23)9-25-21(24,26-10-20)28-12-3-1-2-11(6-12)19(30)27-15-4-5-17(38(34,35)36)14-7-13(37(31,32)33)8-16(29)18(14)15/h1-10,28-29H,(H,27,30)(H,31,32,33)(H,34,35,36). The summed E-state index contributed by atoms with van der Waals surface area (Å²) in [7, 11) is -9.83. The Hall–Kier alpha value is -3.70. The van der Waals surface area contributed by atoms with Gasteiger partial charge in [-0.2, -0.15) is 21.2 Å². The molecule has 3 aromatic carbocycles. The summed E-state index contributed by atoms with van der Waals surface area (Å²) in [5.41, 5.74) is -0.303. The Morgan fingerprint density at radius 3 is 2.21 bits per heavy atom. The predicted octanol–water partition coefficient (Wildman–Crippen LogP) is 3.34. The van der Waals surface area contributed by atoms with E-state index in [0.29, 0.717) is 24.6 Å². The lowest BCUT2D eigenvalue weighted by Crippen LogP contribution is -2.36. The van der Waals surface area contributed by atoms with Gasteiger partial charge in [0, 0.05) is 28.1 Å². The molecule has 0 aromatic heterocycles. The van der Waals surface area contributed by atoms with Gasteiger partial charge in [-0.05, 0) is 36.4 Å². The third-order valence-corrected chi connectivity index (χ3v) is 7.03. The predicted molar refractivity (Wildman–Crippen MR) is 134 cm³/mol. The van der Waals surface area contributed by atoms with Gasteiger partial charge in [0.1, 0.15) is 10.6 Å². The Morgan fingerprint density at radius 2 is 1.61 bits per heavy atom. The molecule has 4 rings (SSSR count). The number of phenols is 1. The number of rotatable bonds is 6. The van der Waals surface area contributed by atoms with E-state index >= 15 is 0 Å². The molecule has 0 aliphatic carbocycles. The topological polar surface area (TPSA) is 195 Å². The van der Waals surface area contributed by atoms with Crippen molar-refractivity contribution < 1.29 is 44.6 Å². The minimum absolute atomic E-state index is 0.0115. The number of phenolic OH excluding ortho intramolecular Hbond substituents is 1. The summed E-state index contributed by atoms with van der Waals surface area (Å²) in [6, 6.07) is 5.55. The summed E-state index contributed by atoms with van der Waals surface area (Å²) in [5.74, 6) is -1.69. The van der Waals surface area contributed by atoms with Gasteiger partial charge < -0.3 is 15.7 Å². The molecule has 0 spiro atoms. The van der Waals surface area contributed by atoms with Gasteiger partial charge >= 0.3 is 6.04 Å². The van der Waals surface area contributed by atoms with Gasteiger partial charge in [-0.15, -0.1) is 0 Å². The first kappa shape index (κ1) is 27.3. The van der Waals surface area contributed by atoms with Crippen LogP contribution in [0.3, 0.4) is 0 Å². The summed E-state index contributed by atoms with van der Waals surface area (Å²) < 4.78 is 93.9. The Kier molecular flexibility index (Phi) is 6.65. The van der Waals surface area contributed by atoms with E-state index in [1.54, 1.807) is 0 Å². The third kappa shape index (κ3) is 5.73. The molecular weight excluding hydrogens is 574 g/mol. The van der Waals surface area contributed by atoms with Crippen LogP contribution in [0.15, 0.2) is 68.3 Å². The fraction of sp³-hybridized carbons (Fsp3) is 0.0952. The van der Waals surface area contributed by atoms with Crippen molar-refractivity contribution in [2.45, 2.75) is 21.0 Å². The first-order valence-corrected chi connectivity index (χ1v) is 13.4. The van der Waals surface area contributed by atoms with Gasteiger partial charge in [-0.3, -0.25) is 13.9 Å². The number of hydrogen-bond acceptors (Lipinski definition) is 9. The molecule has 0 atom stereocenters. The Labute approximate surface area is 218 Å². The molecule has 3 aromatic rings. The van der Waals surface area contributed by atoms with E-state index < -0.39 is 58.2 Å². The van der Waals surface area contributed by atoms with Crippen LogP contribution in [0.2, 0.25) is 0 Å². The molecule has 0 saturated carbocycles. The van der Waals surface area contributed by atoms with Gasteiger partial charge in [0.05, 0.1) is 23.0 Å². The quantitative estimate of drug-likeness (QED) is 0.163. The van der Waals surface area contributed by atoms with Crippen LogP contribution in [0.5, 0.6) is 5.75 Å². The number of carbonyl (C=O) groups excluding carboxylic acids is 1. The van der Waals surface area contributed by atoms with E-state index in [2.05, 4.69) is 20.6 Å². The highest BCUT2D eigenvalue weighted by Gasteiger charge is 2.35. The number of fused-ring (bicyclic) bond motifs is 1. The van der Waals surface area contributed by atoms with E-state index in [9.17, 15) is 44.6 Å². The molecule has 0 bridgehead atoms. The first-order valence-electron chi connectivity index (χ1n) is 10.1. The monoisotopic (exact) mass is 588 g/mol. The maximum atomic E-state index is 14.8. The molecule has 200 valence electrons. The number of amides is 1. The van der Waals surface area contributed by atoms with Crippen LogP contribution in [0.4, 0.5) is 20.2 Å². The summed E-state index contributed by atoms with van der Waals surface area (Å²) in [4.78, 5) is 17.8. The van der Waals surface area contributed by atoms with Crippen molar-refractivity contribution in [3.05, 3.63) is 54.1 Å². The maximum Gasteiger partial charge on any atom is 0.378 e. The molecule has 17 heteroatoms. The first-order chi connectivity index (χ1) is 17.5. The van der Waals surface area contributed by atoms with E-state index in [4.69, 9.17) is 11.6 Å². The number of hydrogen-bond donors (Lipinski definition) is 5. The van der Waals surface area contributed by atoms with Crippen LogP contribution in [-0.2, 0) is 20.2 Å². The fourth-order valence-corrected chi connectivity index (χ4v) is 4.78. The van der Waals surface area contributed by atoms with Crippen LogP contribution >= 0.6 is 11.6 Å². The molecule has 12 nitrogen and oxygen atoms in total. The zero-order valence-electron chi connectivity index (χ0n) is 18.5. The highest BCUT2D eigenvalue weighted by atomic mass is 35.5. The van der Waals surface area contributed by atoms with Crippen LogP contribution < -0.4 is 10.6 Å². The van der Waals surface area contributed by atoms with Crippen molar-refractivity contribution >= 4 is 72.3 Å². The highest BCUT2D eigenvalue weighted by Crippen LogP contribution is 2.38. The number of benzene rings is 3. The normalized spacial score (nSPS) is 21.4. The smallest absolute Gasteiger partial charge is 0.378 e. The van der Waals surface area contributed by atoms with Crippen molar-refractivity contribution in [3.63, 3.8) is 0 Å². The van der Waals surface area contributed by atoms with Crippen LogP contribution in [0.1, 0.15) is 10.4 Å². The molecule has 38 heavy (non-hydrogen) atoms. The number of aromatic hydroxyl groups is 1. The minimum Gasteiger partial charge on any atom is -0.507 e. The molecule has 5 N–H and O–H groups in total. The molecule has 1 amide bonds. The van der Waals surface area contributed by atoms with Crippen LogP contribution in [0, 0.1) is 0 Å². The van der Waals surface area contributed by atoms with Crippen molar-refractivity contribution in [1.82, 2.24) is 0 Å². The average molecular weight is 589 g/mol. The summed E-state index contributed by atoms with van der Waals surface area (Å²) in [6.45, 7) is 0. The van der Waals surface area contributed by atoms with E-state index in [1.165, 1.54) is 24.3 Å². The summed E-state index contributed by atoms with van der Waals surface area (Å²) >= 11 is 5.34. The lowest BCUT2D eigenvalue weighted by Gasteiger charge is -2.23. The van der Waals surface area contributed by atoms with Crippen LogP contribution in [-0.4, -0.2) is 60.6 Å². The summed E-state index contributed by atoms with van der Waals surface area (Å²) in [5, 5.41) is 11.6. The zero-order valence-corrected chi connectivity index (χ0v) is 20.9. The Balaban J connectivity index is 1.71. The van der Waals surface area contributed by atoms with E-state index in [1.807, 2.05) is 0 Å². The van der Waals surface area contributed by atoms with E-state index in [-0.39, 0.29) is 22.3 Å². The number of nitrogens with zero attached hydrogens (tertiary/aromatic N) is 2. The highest BCUT2D eigenvalue weighted by molar-refractivity contribution is 7.86. The number of alkyl halides is 3. The van der Waals surface area contributed by atoms with Gasteiger partial charge in [0.2, 0.25) is 0 Å². The van der Waals surface area contributed by atoms with Gasteiger partial charge in [0.15, 0.2) is 0 Å².